The van der Waals surface area contributed by atoms with Crippen LogP contribution in [-0.4, -0.2) is 37.7 Å². The van der Waals surface area contributed by atoms with Crippen molar-refractivity contribution in [3.8, 4) is 0 Å². The molecule has 25 heavy (non-hydrogen) atoms. The van der Waals surface area contributed by atoms with Gasteiger partial charge in [-0.05, 0) is 24.6 Å². The molecule has 3 nitrogen and oxygen atoms in total. The van der Waals surface area contributed by atoms with Gasteiger partial charge in [0.25, 0.3) is 0 Å². The van der Waals surface area contributed by atoms with E-state index in [1.165, 1.54) is 12.1 Å². The Hall–Kier alpha value is -1.84. The van der Waals surface area contributed by atoms with E-state index in [0.717, 1.165) is 19.2 Å². The van der Waals surface area contributed by atoms with Crippen LogP contribution in [-0.2, 0) is 9.47 Å². The molecule has 1 rings (SSSR count). The Balaban J connectivity index is 3.01. The zero-order valence-electron chi connectivity index (χ0n) is 13.2. The van der Waals surface area contributed by atoms with Crippen LogP contribution in [0.2, 0.25) is 0 Å². The van der Waals surface area contributed by atoms with E-state index in [4.69, 9.17) is 4.74 Å². The Morgan fingerprint density at radius 3 is 1.96 bits per heavy atom. The predicted octanol–water partition coefficient (Wildman–Crippen LogP) is 4.77. The van der Waals surface area contributed by atoms with Crippen molar-refractivity contribution in [2.75, 3.05) is 13.7 Å². The summed E-state index contributed by atoms with van der Waals surface area (Å²) in [5.74, 6) is -12.3. The Labute approximate surface area is 138 Å². The van der Waals surface area contributed by atoms with E-state index in [2.05, 4.69) is 4.74 Å². The highest BCUT2D eigenvalue weighted by Gasteiger charge is 2.73. The highest BCUT2D eigenvalue weighted by molar-refractivity contribution is 5.89. The van der Waals surface area contributed by atoms with E-state index in [1.54, 1.807) is 6.92 Å². The first-order chi connectivity index (χ1) is 11.4. The molecule has 1 atom stereocenters. The number of hydrogen-bond donors (Lipinski definition) is 0. The van der Waals surface area contributed by atoms with Gasteiger partial charge in [-0.2, -0.15) is 30.7 Å². The van der Waals surface area contributed by atoms with Gasteiger partial charge in [0.1, 0.15) is 0 Å². The molecule has 0 aliphatic rings. The van der Waals surface area contributed by atoms with Gasteiger partial charge in [0, 0.05) is 13.5 Å². The highest BCUT2D eigenvalue weighted by atomic mass is 19.4. The van der Waals surface area contributed by atoms with Crippen LogP contribution in [0.25, 0.3) is 0 Å². The predicted molar refractivity (Wildman–Crippen MR) is 72.7 cm³/mol. The SMILES string of the molecule is CCOC(=O)c1ccc(C(CC(F)(F)C(F)(F)C(F)(F)F)OC)cc1. The molecule has 0 aliphatic carbocycles. The third-order valence-electron chi connectivity index (χ3n) is 3.34. The monoisotopic (exact) mass is 376 g/mol. The lowest BCUT2D eigenvalue weighted by Gasteiger charge is -2.30. The molecule has 0 spiro atoms. The van der Waals surface area contributed by atoms with Crippen molar-refractivity contribution in [2.45, 2.75) is 37.5 Å². The summed E-state index contributed by atoms with van der Waals surface area (Å²) < 4.78 is 98.8. The Morgan fingerprint density at radius 2 is 1.56 bits per heavy atom. The fourth-order valence-electron chi connectivity index (χ4n) is 1.95. The van der Waals surface area contributed by atoms with E-state index in [-0.39, 0.29) is 17.7 Å². The number of methoxy groups -OCH3 is 1. The van der Waals surface area contributed by atoms with Crippen LogP contribution >= 0.6 is 0 Å². The molecule has 0 saturated carbocycles. The first-order valence-electron chi connectivity index (χ1n) is 6.99. The lowest BCUT2D eigenvalue weighted by Crippen LogP contribution is -2.52. The van der Waals surface area contributed by atoms with Crippen molar-refractivity contribution in [3.63, 3.8) is 0 Å². The van der Waals surface area contributed by atoms with E-state index >= 15 is 0 Å². The van der Waals surface area contributed by atoms with Crippen LogP contribution in [0.15, 0.2) is 24.3 Å². The van der Waals surface area contributed by atoms with Crippen LogP contribution in [0, 0.1) is 0 Å². The molecule has 0 bridgehead atoms. The summed E-state index contributed by atoms with van der Waals surface area (Å²) in [6.45, 7) is 1.66. The third kappa shape index (κ3) is 4.62. The molecule has 0 amide bonds. The zero-order valence-corrected chi connectivity index (χ0v) is 13.2. The quantitative estimate of drug-likeness (QED) is 0.508. The average molecular weight is 376 g/mol. The van der Waals surface area contributed by atoms with Gasteiger partial charge in [-0.1, -0.05) is 12.1 Å². The number of hydrogen-bond acceptors (Lipinski definition) is 3. The van der Waals surface area contributed by atoms with E-state index in [9.17, 15) is 35.5 Å². The molecule has 0 fully saturated rings. The molecule has 0 aromatic heterocycles. The Morgan fingerprint density at radius 1 is 1.04 bits per heavy atom. The molecule has 0 aliphatic heterocycles. The highest BCUT2D eigenvalue weighted by Crippen LogP contribution is 2.50. The minimum absolute atomic E-state index is 0.0628. The lowest BCUT2D eigenvalue weighted by atomic mass is 9.97. The van der Waals surface area contributed by atoms with Crippen molar-refractivity contribution < 1.29 is 45.0 Å². The topological polar surface area (TPSA) is 35.5 Å². The van der Waals surface area contributed by atoms with Crippen LogP contribution in [0.1, 0.15) is 35.4 Å². The van der Waals surface area contributed by atoms with Gasteiger partial charge in [-0.15, -0.1) is 0 Å². The molecule has 10 heteroatoms. The Bertz CT molecular complexity index is 582. The summed E-state index contributed by atoms with van der Waals surface area (Å²) in [5.41, 5.74) is -0.0268. The van der Waals surface area contributed by atoms with Crippen molar-refractivity contribution in [1.82, 2.24) is 0 Å². The second-order valence-corrected chi connectivity index (χ2v) is 5.05. The number of alkyl halides is 7. The molecule has 142 valence electrons. The molecule has 0 radical (unpaired) electrons. The summed E-state index contributed by atoms with van der Waals surface area (Å²) in [7, 11) is 0.895. The molecule has 0 saturated heterocycles. The summed E-state index contributed by atoms with van der Waals surface area (Å²) >= 11 is 0. The number of carbonyl (C=O) groups is 1. The normalized spacial score (nSPS) is 14.3. The van der Waals surface area contributed by atoms with Gasteiger partial charge in [0.2, 0.25) is 0 Å². The van der Waals surface area contributed by atoms with Crippen molar-refractivity contribution in [2.24, 2.45) is 0 Å². The molecular formula is C15H15F7O3. The van der Waals surface area contributed by atoms with E-state index in [0.29, 0.717) is 0 Å². The average Bonchev–Trinajstić information content (AvgIpc) is 2.51. The lowest BCUT2D eigenvalue weighted by molar-refractivity contribution is -0.358. The van der Waals surface area contributed by atoms with Crippen molar-refractivity contribution >= 4 is 5.97 Å². The number of benzene rings is 1. The summed E-state index contributed by atoms with van der Waals surface area (Å²) in [6, 6.07) is 4.56. The molecule has 1 aromatic rings. The summed E-state index contributed by atoms with van der Waals surface area (Å²) in [6.07, 6.45) is -10.0. The fraction of sp³-hybridized carbons (Fsp3) is 0.533. The standard InChI is InChI=1S/C15H15F7O3/c1-3-25-12(23)10-6-4-9(5-7-10)11(24-2)8-13(16,17)14(18,19)15(20,21)22/h4-7,11H,3,8H2,1-2H3. The molecule has 1 aromatic carbocycles. The summed E-state index contributed by atoms with van der Waals surface area (Å²) in [5, 5.41) is 0. The maximum atomic E-state index is 13.5. The first-order valence-corrected chi connectivity index (χ1v) is 6.99. The van der Waals surface area contributed by atoms with Crippen molar-refractivity contribution in [1.29, 1.82) is 0 Å². The first kappa shape index (κ1) is 21.2. The minimum atomic E-state index is -6.40. The van der Waals surface area contributed by atoms with E-state index in [1.807, 2.05) is 0 Å². The zero-order chi connectivity index (χ0) is 19.5. The van der Waals surface area contributed by atoms with Gasteiger partial charge in [-0.25, -0.2) is 4.79 Å². The number of ether oxygens (including phenoxy) is 2. The molecule has 0 N–H and O–H groups in total. The van der Waals surface area contributed by atoms with Gasteiger partial charge in [-0.3, -0.25) is 0 Å². The van der Waals surface area contributed by atoms with Crippen LogP contribution in [0.3, 0.4) is 0 Å². The molecule has 1 unspecified atom stereocenters. The largest absolute Gasteiger partial charge is 0.462 e. The number of rotatable bonds is 7. The van der Waals surface area contributed by atoms with Gasteiger partial charge in [0.05, 0.1) is 18.3 Å². The number of carbonyl (C=O) groups excluding carboxylic acids is 1. The van der Waals surface area contributed by atoms with Gasteiger partial charge >= 0.3 is 24.0 Å². The van der Waals surface area contributed by atoms with Gasteiger partial charge < -0.3 is 9.47 Å². The maximum Gasteiger partial charge on any atom is 0.459 e. The summed E-state index contributed by atoms with van der Waals surface area (Å²) in [4.78, 5) is 11.5. The van der Waals surface area contributed by atoms with E-state index < -0.39 is 36.5 Å². The minimum Gasteiger partial charge on any atom is -0.462 e. The number of halogens is 7. The van der Waals surface area contributed by atoms with Crippen LogP contribution < -0.4 is 0 Å². The fourth-order valence-corrected chi connectivity index (χ4v) is 1.95. The smallest absolute Gasteiger partial charge is 0.459 e. The van der Waals surface area contributed by atoms with Crippen molar-refractivity contribution in [3.05, 3.63) is 35.4 Å². The van der Waals surface area contributed by atoms with Crippen LogP contribution in [0.5, 0.6) is 0 Å². The van der Waals surface area contributed by atoms with Crippen LogP contribution in [0.4, 0.5) is 30.7 Å². The Kier molecular flexibility index (Phi) is 6.44. The second kappa shape index (κ2) is 7.59. The molecule has 0 heterocycles. The van der Waals surface area contributed by atoms with Gasteiger partial charge in [0.15, 0.2) is 0 Å². The molecular weight excluding hydrogens is 361 g/mol. The third-order valence-corrected chi connectivity index (χ3v) is 3.34. The number of esters is 1. The second-order valence-electron chi connectivity index (χ2n) is 5.05. The maximum absolute atomic E-state index is 13.5.